The van der Waals surface area contributed by atoms with Gasteiger partial charge >= 0.3 is 6.09 Å². The van der Waals surface area contributed by atoms with Crippen LogP contribution in [0.15, 0.2) is 24.4 Å². The predicted molar refractivity (Wildman–Crippen MR) is 111 cm³/mol. The van der Waals surface area contributed by atoms with Crippen LogP contribution in [0.25, 0.3) is 10.8 Å². The third-order valence-electron chi connectivity index (χ3n) is 4.98. The molecule has 1 aliphatic heterocycles. The Bertz CT molecular complexity index is 860. The lowest BCUT2D eigenvalue weighted by atomic mass is 9.92. The maximum atomic E-state index is 12.0. The molecule has 2 atom stereocenters. The van der Waals surface area contributed by atoms with Gasteiger partial charge in [0.1, 0.15) is 10.8 Å². The number of hydrogen-bond donors (Lipinski definition) is 1. The third-order valence-corrected chi connectivity index (χ3v) is 5.19. The van der Waals surface area contributed by atoms with Crippen LogP contribution in [0.5, 0.6) is 0 Å². The van der Waals surface area contributed by atoms with Gasteiger partial charge in [-0.2, -0.15) is 0 Å². The maximum Gasteiger partial charge on any atom is 0.408 e. The summed E-state index contributed by atoms with van der Waals surface area (Å²) < 4.78 is 5.37. The summed E-state index contributed by atoms with van der Waals surface area (Å²) in [5.74, 6) is 0.399. The average Bonchev–Trinajstić information content (AvgIpc) is 2.55. The van der Waals surface area contributed by atoms with Crippen LogP contribution in [0.2, 0.25) is 5.15 Å². The molecule has 0 unspecified atom stereocenters. The number of nitrogens with zero attached hydrogens (tertiary/aromatic N) is 2. The SMILES string of the molecule is CC(C)c1ccc(N2C[C@H](NC(=O)OC(C)(C)C)[C@H]2C)c2cnc(Cl)cc12. The van der Waals surface area contributed by atoms with E-state index in [4.69, 9.17) is 16.3 Å². The molecule has 1 aliphatic rings. The highest BCUT2D eigenvalue weighted by molar-refractivity contribution is 6.30. The Morgan fingerprint density at radius 3 is 2.63 bits per heavy atom. The van der Waals surface area contributed by atoms with Crippen molar-refractivity contribution >= 4 is 34.2 Å². The number of carbonyl (C=O) groups excluding carboxylic acids is 1. The van der Waals surface area contributed by atoms with Crippen LogP contribution in [-0.2, 0) is 4.74 Å². The number of hydrogen-bond acceptors (Lipinski definition) is 4. The summed E-state index contributed by atoms with van der Waals surface area (Å²) in [4.78, 5) is 18.6. The van der Waals surface area contributed by atoms with Gasteiger partial charge in [0.25, 0.3) is 0 Å². The molecule has 2 heterocycles. The molecule has 1 amide bonds. The van der Waals surface area contributed by atoms with Crippen molar-refractivity contribution < 1.29 is 9.53 Å². The molecular weight excluding hydrogens is 362 g/mol. The molecule has 6 heteroatoms. The number of alkyl carbamates (subject to hydrolysis) is 1. The fraction of sp³-hybridized carbons (Fsp3) is 0.524. The number of ether oxygens (including phenoxy) is 1. The lowest BCUT2D eigenvalue weighted by molar-refractivity contribution is 0.0482. The second-order valence-corrected chi connectivity index (χ2v) is 8.91. The van der Waals surface area contributed by atoms with Gasteiger partial charge in [0.15, 0.2) is 0 Å². The molecule has 1 saturated heterocycles. The first-order valence-corrected chi connectivity index (χ1v) is 9.79. The van der Waals surface area contributed by atoms with Crippen LogP contribution in [0.1, 0.15) is 53.0 Å². The zero-order chi connectivity index (χ0) is 19.9. The topological polar surface area (TPSA) is 54.5 Å². The largest absolute Gasteiger partial charge is 0.444 e. The lowest BCUT2D eigenvalue weighted by Crippen LogP contribution is -2.66. The molecule has 3 rings (SSSR count). The number of aromatic nitrogens is 1. The second kappa shape index (κ2) is 7.19. The Balaban J connectivity index is 1.82. The molecule has 0 aliphatic carbocycles. The van der Waals surface area contributed by atoms with Gasteiger partial charge in [0, 0.05) is 29.9 Å². The summed E-state index contributed by atoms with van der Waals surface area (Å²) in [6.07, 6.45) is 1.48. The van der Waals surface area contributed by atoms with Gasteiger partial charge in [-0.25, -0.2) is 9.78 Å². The van der Waals surface area contributed by atoms with Crippen molar-refractivity contribution in [3.8, 4) is 0 Å². The van der Waals surface area contributed by atoms with Gasteiger partial charge in [-0.15, -0.1) is 0 Å². The normalized spacial score (nSPS) is 19.9. The highest BCUT2D eigenvalue weighted by Gasteiger charge is 2.38. The number of nitrogens with one attached hydrogen (secondary N) is 1. The van der Waals surface area contributed by atoms with Crippen molar-refractivity contribution in [3.05, 3.63) is 35.1 Å². The highest BCUT2D eigenvalue weighted by Crippen LogP contribution is 2.37. The molecule has 1 aromatic heterocycles. The van der Waals surface area contributed by atoms with E-state index in [1.54, 1.807) is 0 Å². The summed E-state index contributed by atoms with van der Waals surface area (Å²) >= 11 is 6.15. The van der Waals surface area contributed by atoms with Crippen LogP contribution >= 0.6 is 11.6 Å². The van der Waals surface area contributed by atoms with E-state index in [9.17, 15) is 4.79 Å². The van der Waals surface area contributed by atoms with Gasteiger partial charge in [-0.1, -0.05) is 31.5 Å². The zero-order valence-electron chi connectivity index (χ0n) is 16.8. The molecule has 0 radical (unpaired) electrons. The quantitative estimate of drug-likeness (QED) is 0.741. The van der Waals surface area contributed by atoms with Crippen molar-refractivity contribution in [1.82, 2.24) is 10.3 Å². The van der Waals surface area contributed by atoms with Crippen LogP contribution in [-0.4, -0.2) is 35.3 Å². The number of pyridine rings is 1. The number of fused-ring (bicyclic) bond motifs is 1. The van der Waals surface area contributed by atoms with Crippen molar-refractivity contribution in [3.63, 3.8) is 0 Å². The van der Waals surface area contributed by atoms with E-state index in [1.807, 2.05) is 33.0 Å². The van der Waals surface area contributed by atoms with Crippen LogP contribution in [0.3, 0.4) is 0 Å². The van der Waals surface area contributed by atoms with Gasteiger partial charge < -0.3 is 15.0 Å². The van der Waals surface area contributed by atoms with Gasteiger partial charge in [0.2, 0.25) is 0 Å². The Kier molecular flexibility index (Phi) is 5.26. The monoisotopic (exact) mass is 389 g/mol. The summed E-state index contributed by atoms with van der Waals surface area (Å²) in [6, 6.07) is 6.48. The molecular formula is C21H28ClN3O2. The average molecular weight is 390 g/mol. The summed E-state index contributed by atoms with van der Waals surface area (Å²) in [6.45, 7) is 12.8. The van der Waals surface area contributed by atoms with E-state index in [0.29, 0.717) is 11.1 Å². The molecule has 1 aromatic carbocycles. The van der Waals surface area contributed by atoms with Gasteiger partial charge in [-0.05, 0) is 56.7 Å². The molecule has 0 spiro atoms. The first-order chi connectivity index (χ1) is 12.6. The van der Waals surface area contributed by atoms with E-state index in [1.165, 1.54) is 5.56 Å². The predicted octanol–water partition coefficient (Wildman–Crippen LogP) is 5.11. The van der Waals surface area contributed by atoms with Crippen LogP contribution in [0, 0.1) is 0 Å². The molecule has 1 fully saturated rings. The van der Waals surface area contributed by atoms with E-state index in [0.717, 1.165) is 23.0 Å². The summed E-state index contributed by atoms with van der Waals surface area (Å²) in [5.41, 5.74) is 1.88. The minimum absolute atomic E-state index is 0.0555. The van der Waals surface area contributed by atoms with Crippen molar-refractivity contribution in [2.24, 2.45) is 0 Å². The molecule has 146 valence electrons. The first-order valence-electron chi connectivity index (χ1n) is 9.41. The van der Waals surface area contributed by atoms with E-state index < -0.39 is 5.60 Å². The van der Waals surface area contributed by atoms with E-state index in [2.05, 4.69) is 48.1 Å². The zero-order valence-corrected chi connectivity index (χ0v) is 17.6. The van der Waals surface area contributed by atoms with Crippen molar-refractivity contribution in [1.29, 1.82) is 0 Å². The maximum absolute atomic E-state index is 12.0. The molecule has 0 saturated carbocycles. The van der Waals surface area contributed by atoms with Gasteiger partial charge in [0.05, 0.1) is 6.04 Å². The molecule has 1 N–H and O–H groups in total. The molecule has 2 aromatic rings. The number of amides is 1. The molecule has 5 nitrogen and oxygen atoms in total. The van der Waals surface area contributed by atoms with Crippen LogP contribution in [0.4, 0.5) is 10.5 Å². The smallest absolute Gasteiger partial charge is 0.408 e. The number of halogens is 1. The van der Waals surface area contributed by atoms with Crippen molar-refractivity contribution in [2.75, 3.05) is 11.4 Å². The molecule has 0 bridgehead atoms. The fourth-order valence-corrected chi connectivity index (χ4v) is 3.69. The Hall–Kier alpha value is -2.01. The fourth-order valence-electron chi connectivity index (χ4n) is 3.53. The summed E-state index contributed by atoms with van der Waals surface area (Å²) in [7, 11) is 0. The van der Waals surface area contributed by atoms with Gasteiger partial charge in [-0.3, -0.25) is 0 Å². The van der Waals surface area contributed by atoms with Crippen molar-refractivity contribution in [2.45, 2.75) is 65.1 Å². The Morgan fingerprint density at radius 1 is 1.33 bits per heavy atom. The minimum atomic E-state index is -0.495. The number of anilines is 1. The highest BCUT2D eigenvalue weighted by atomic mass is 35.5. The Morgan fingerprint density at radius 2 is 2.04 bits per heavy atom. The van der Waals surface area contributed by atoms with E-state index >= 15 is 0 Å². The first kappa shape index (κ1) is 19.7. The number of benzene rings is 1. The van der Waals surface area contributed by atoms with E-state index in [-0.39, 0.29) is 18.2 Å². The second-order valence-electron chi connectivity index (χ2n) is 8.53. The number of rotatable bonds is 3. The number of carbonyl (C=O) groups is 1. The summed E-state index contributed by atoms with van der Waals surface area (Å²) in [5, 5.41) is 5.70. The standard InChI is InChI=1S/C21H28ClN3O2/c1-12(2)14-7-8-18(16-10-23-19(22)9-15(14)16)25-11-17(13(25)3)24-20(26)27-21(4,5)6/h7-10,12-13,17H,11H2,1-6H3,(H,24,26)/t13-,17+/m1/s1. The van der Waals surface area contributed by atoms with Crippen LogP contribution < -0.4 is 10.2 Å². The Labute approximate surface area is 166 Å². The minimum Gasteiger partial charge on any atom is -0.444 e. The lowest BCUT2D eigenvalue weighted by Gasteiger charge is -2.48. The third kappa shape index (κ3) is 4.13. The molecule has 27 heavy (non-hydrogen) atoms.